The Kier molecular flexibility index (Phi) is 11.8. The van der Waals surface area contributed by atoms with E-state index < -0.39 is 0 Å². The van der Waals surface area contributed by atoms with Crippen LogP contribution < -0.4 is 9.80 Å². The van der Waals surface area contributed by atoms with Crippen molar-refractivity contribution in [2.75, 3.05) is 23.9 Å². The van der Waals surface area contributed by atoms with Gasteiger partial charge in [0.1, 0.15) is 0 Å². The van der Waals surface area contributed by atoms with Gasteiger partial charge in [-0.3, -0.25) is 19.6 Å². The minimum atomic E-state index is -0.00933. The van der Waals surface area contributed by atoms with E-state index in [-0.39, 0.29) is 24.9 Å². The standard InChI is InChI=1S/C26H28N4O2S.2ClH.Fe/c1-17(27-21-7-11-23(12-8-21)29(5)19(3)31)25-15-16-26(33-25)18(2)28-22-9-13-24(14-10-22)30(6)20(4)32;;;/h7-16H,1-6H3;2*1H;/q;;;+2/p-2. The van der Waals surface area contributed by atoms with Gasteiger partial charge in [-0.1, -0.05) is 0 Å². The summed E-state index contributed by atoms with van der Waals surface area (Å²) in [5.41, 5.74) is 5.19. The summed E-state index contributed by atoms with van der Waals surface area (Å²) >= 11 is 1.84. The second-order valence-electron chi connectivity index (χ2n) is 7.80. The van der Waals surface area contributed by atoms with E-state index in [1.54, 1.807) is 35.2 Å². The molecule has 0 fully saturated rings. The predicted molar refractivity (Wildman–Crippen MR) is 151 cm³/mol. The summed E-state index contributed by atoms with van der Waals surface area (Å²) in [6, 6.07) is 19.3. The van der Waals surface area contributed by atoms with E-state index in [1.165, 1.54) is 13.8 Å². The molecule has 0 unspecified atom stereocenters. The molecule has 36 heavy (non-hydrogen) atoms. The average Bonchev–Trinajstić information content (AvgIpc) is 3.35. The molecule has 1 heterocycles. The Bertz CT molecular complexity index is 1150. The van der Waals surface area contributed by atoms with Crippen LogP contribution in [0.15, 0.2) is 70.6 Å². The molecule has 2 amide bonds. The zero-order chi connectivity index (χ0) is 26.8. The number of carbonyl (C=O) groups is 2. The van der Waals surface area contributed by atoms with Crippen molar-refractivity contribution >= 4 is 77.5 Å². The first-order valence-corrected chi connectivity index (χ1v) is 14.7. The maximum atomic E-state index is 11.5. The van der Waals surface area contributed by atoms with Crippen LogP contribution in [0.25, 0.3) is 0 Å². The van der Waals surface area contributed by atoms with E-state index in [0.717, 1.165) is 43.9 Å². The molecular formula is C26H28Cl2FeN4O2S. The third-order valence-electron chi connectivity index (χ3n) is 5.33. The molecule has 2 aromatic carbocycles. The number of rotatable bonds is 6. The van der Waals surface area contributed by atoms with Gasteiger partial charge >= 0.3 is 33.3 Å². The van der Waals surface area contributed by atoms with Gasteiger partial charge in [0.25, 0.3) is 0 Å². The number of hydrogen-bond acceptors (Lipinski definition) is 5. The summed E-state index contributed by atoms with van der Waals surface area (Å²) in [4.78, 5) is 37.8. The number of hydrogen-bond donors (Lipinski definition) is 0. The normalized spacial score (nSPS) is 11.6. The van der Waals surface area contributed by atoms with Crippen LogP contribution in [0.4, 0.5) is 22.7 Å². The van der Waals surface area contributed by atoms with Crippen LogP contribution in [0, 0.1) is 0 Å². The molecule has 10 heteroatoms. The van der Waals surface area contributed by atoms with Crippen LogP contribution in [0.2, 0.25) is 0 Å². The van der Waals surface area contributed by atoms with Crippen LogP contribution in [0.5, 0.6) is 0 Å². The molecule has 0 spiro atoms. The summed E-state index contributed by atoms with van der Waals surface area (Å²) in [5.74, 6) is -0.0187. The van der Waals surface area contributed by atoms with E-state index in [9.17, 15) is 9.59 Å². The van der Waals surface area contributed by atoms with E-state index in [0.29, 0.717) is 0 Å². The van der Waals surface area contributed by atoms with E-state index in [1.807, 2.05) is 62.4 Å². The van der Waals surface area contributed by atoms with Crippen molar-refractivity contribution in [2.24, 2.45) is 9.98 Å². The molecule has 0 aliphatic carbocycles. The molecule has 0 aliphatic rings. The number of thiophene rings is 1. The molecule has 192 valence electrons. The van der Waals surface area contributed by atoms with E-state index in [4.69, 9.17) is 30.2 Å². The first-order chi connectivity index (χ1) is 17.1. The molecule has 0 saturated heterocycles. The first-order valence-electron chi connectivity index (χ1n) is 10.8. The van der Waals surface area contributed by atoms with Crippen molar-refractivity contribution < 1.29 is 22.7 Å². The minimum absolute atomic E-state index is 0.00933. The average molecular weight is 587 g/mol. The quantitative estimate of drug-likeness (QED) is 0.223. The number of amides is 2. The Morgan fingerprint density at radius 2 is 0.972 bits per heavy atom. The Morgan fingerprint density at radius 1 is 0.667 bits per heavy atom. The van der Waals surface area contributed by atoms with Gasteiger partial charge in [-0.2, -0.15) is 0 Å². The number of halogens is 2. The van der Waals surface area contributed by atoms with E-state index in [2.05, 4.69) is 12.1 Å². The van der Waals surface area contributed by atoms with Gasteiger partial charge in [0, 0.05) is 49.1 Å². The number of nitrogens with zero attached hydrogens (tertiary/aromatic N) is 4. The zero-order valence-electron chi connectivity index (χ0n) is 20.9. The maximum absolute atomic E-state index is 11.5. The molecule has 0 N–H and O–H groups in total. The molecule has 0 radical (unpaired) electrons. The molecule has 0 aliphatic heterocycles. The summed E-state index contributed by atoms with van der Waals surface area (Å²) in [5, 5.41) is 0. The summed E-state index contributed by atoms with van der Waals surface area (Å²) in [6.07, 6.45) is 0. The number of anilines is 2. The molecule has 1 aromatic heterocycles. The Balaban J connectivity index is 0.00000145. The summed E-state index contributed by atoms with van der Waals surface area (Å²) < 4.78 is 0. The fraction of sp³-hybridized carbons (Fsp3) is 0.231. The first kappa shape index (κ1) is 29.7. The summed E-state index contributed by atoms with van der Waals surface area (Å²) in [7, 11) is 13.0. The van der Waals surface area contributed by atoms with Crippen LogP contribution in [0.1, 0.15) is 37.4 Å². The molecule has 3 aromatic rings. The molecule has 6 nitrogen and oxygen atoms in total. The fourth-order valence-corrected chi connectivity index (χ4v) is 3.99. The van der Waals surface area contributed by atoms with Crippen LogP contribution >= 0.6 is 31.5 Å². The SMILES string of the molecule is CC(=O)N(C)c1ccc(N=C(C)c2ccc(C(C)=Nc3ccc(N(C)C(C)=O)cc3)s2)cc1.[Cl][Fe][Cl]. The summed E-state index contributed by atoms with van der Waals surface area (Å²) in [6.45, 7) is 7.06. The topological polar surface area (TPSA) is 65.3 Å². The Morgan fingerprint density at radius 3 is 1.25 bits per heavy atom. The van der Waals surface area contributed by atoms with Crippen LogP contribution in [-0.2, 0) is 22.7 Å². The monoisotopic (exact) mass is 586 g/mol. The van der Waals surface area contributed by atoms with Gasteiger partial charge < -0.3 is 9.80 Å². The van der Waals surface area contributed by atoms with Crippen molar-refractivity contribution in [1.29, 1.82) is 0 Å². The van der Waals surface area contributed by atoms with Crippen molar-refractivity contribution in [3.8, 4) is 0 Å². The van der Waals surface area contributed by atoms with E-state index >= 15 is 0 Å². The molecule has 0 saturated carbocycles. The van der Waals surface area contributed by atoms with Gasteiger partial charge in [-0.15, -0.1) is 11.3 Å². The van der Waals surface area contributed by atoms with Crippen LogP contribution in [-0.4, -0.2) is 37.3 Å². The number of aliphatic imine (C=N–C) groups is 2. The zero-order valence-corrected chi connectivity index (χ0v) is 24.3. The Hall–Kier alpha value is -2.48. The fourth-order valence-electron chi connectivity index (χ4n) is 3.09. The van der Waals surface area contributed by atoms with Gasteiger partial charge in [-0.05, 0) is 74.5 Å². The Labute approximate surface area is 231 Å². The third-order valence-corrected chi connectivity index (χ3v) is 6.63. The van der Waals surface area contributed by atoms with Crippen molar-refractivity contribution in [2.45, 2.75) is 27.7 Å². The number of benzene rings is 2. The van der Waals surface area contributed by atoms with Gasteiger partial charge in [-0.25, -0.2) is 0 Å². The second kappa shape index (κ2) is 14.3. The predicted octanol–water partition coefficient (Wildman–Crippen LogP) is 7.37. The van der Waals surface area contributed by atoms with Gasteiger partial charge in [0.2, 0.25) is 11.8 Å². The molecular weight excluding hydrogens is 559 g/mol. The van der Waals surface area contributed by atoms with Gasteiger partial charge in [0.15, 0.2) is 0 Å². The van der Waals surface area contributed by atoms with Gasteiger partial charge in [0.05, 0.1) is 22.8 Å². The van der Waals surface area contributed by atoms with Crippen molar-refractivity contribution in [3.05, 3.63) is 70.4 Å². The third kappa shape index (κ3) is 8.57. The van der Waals surface area contributed by atoms with Crippen LogP contribution in [0.3, 0.4) is 0 Å². The number of carbonyl (C=O) groups excluding carboxylic acids is 2. The molecule has 0 bridgehead atoms. The molecule has 0 atom stereocenters. The molecule has 3 rings (SSSR count). The van der Waals surface area contributed by atoms with Crippen molar-refractivity contribution in [3.63, 3.8) is 0 Å². The second-order valence-corrected chi connectivity index (χ2v) is 10.7. The van der Waals surface area contributed by atoms with Crippen molar-refractivity contribution in [1.82, 2.24) is 0 Å².